The highest BCUT2D eigenvalue weighted by Gasteiger charge is 2.10. The van der Waals surface area contributed by atoms with Crippen LogP contribution in [-0.4, -0.2) is 17.5 Å². The number of hydrogen-bond acceptors (Lipinski definition) is 3. The molecular weight excluding hydrogens is 204 g/mol. The Kier molecular flexibility index (Phi) is 4.64. The summed E-state index contributed by atoms with van der Waals surface area (Å²) in [5.41, 5.74) is 5.85. The summed E-state index contributed by atoms with van der Waals surface area (Å²) in [5, 5.41) is 17.0. The lowest BCUT2D eigenvalue weighted by molar-refractivity contribution is 0.289. The lowest BCUT2D eigenvalue weighted by atomic mass is 10.1. The van der Waals surface area contributed by atoms with Crippen LogP contribution in [0.15, 0.2) is 18.2 Å². The van der Waals surface area contributed by atoms with Gasteiger partial charge in [-0.25, -0.2) is 0 Å². The summed E-state index contributed by atoms with van der Waals surface area (Å²) in [6, 6.07) is 4.84. The van der Waals surface area contributed by atoms with Crippen LogP contribution in [0.2, 0.25) is 0 Å². The second-order valence-electron chi connectivity index (χ2n) is 3.62. The van der Waals surface area contributed by atoms with Crippen molar-refractivity contribution >= 4 is 5.84 Å². The number of aromatic hydroxyl groups is 1. The predicted octanol–water partition coefficient (Wildman–Crippen LogP) is 2.25. The molecule has 0 spiro atoms. The van der Waals surface area contributed by atoms with Crippen LogP contribution in [0.4, 0.5) is 0 Å². The van der Waals surface area contributed by atoms with E-state index in [1.807, 2.05) is 0 Å². The van der Waals surface area contributed by atoms with Gasteiger partial charge in [0.15, 0.2) is 11.5 Å². The van der Waals surface area contributed by atoms with Crippen molar-refractivity contribution in [3.63, 3.8) is 0 Å². The Morgan fingerprint density at radius 3 is 2.81 bits per heavy atom. The first-order chi connectivity index (χ1) is 7.66. The zero-order valence-electron chi connectivity index (χ0n) is 9.49. The van der Waals surface area contributed by atoms with Gasteiger partial charge in [-0.15, -0.1) is 0 Å². The SMILES string of the molecule is CCCCCOc1c(O)cccc1C(=N)N. The molecule has 16 heavy (non-hydrogen) atoms. The minimum absolute atomic E-state index is 0.0317. The minimum atomic E-state index is -0.0959. The average molecular weight is 222 g/mol. The van der Waals surface area contributed by atoms with Gasteiger partial charge in [-0.3, -0.25) is 5.41 Å². The molecule has 0 bridgehead atoms. The molecule has 0 amide bonds. The van der Waals surface area contributed by atoms with Crippen molar-refractivity contribution in [2.45, 2.75) is 26.2 Å². The second-order valence-corrected chi connectivity index (χ2v) is 3.62. The number of ether oxygens (including phenoxy) is 1. The van der Waals surface area contributed by atoms with Gasteiger partial charge in [-0.1, -0.05) is 25.8 Å². The highest BCUT2D eigenvalue weighted by molar-refractivity contribution is 5.98. The fraction of sp³-hybridized carbons (Fsp3) is 0.417. The van der Waals surface area contributed by atoms with Crippen LogP contribution in [0.3, 0.4) is 0 Å². The smallest absolute Gasteiger partial charge is 0.171 e. The molecule has 88 valence electrons. The third-order valence-electron chi connectivity index (χ3n) is 2.28. The lowest BCUT2D eigenvalue weighted by Gasteiger charge is -2.11. The number of unbranched alkanes of at least 4 members (excludes halogenated alkanes) is 2. The van der Waals surface area contributed by atoms with Crippen molar-refractivity contribution < 1.29 is 9.84 Å². The van der Waals surface area contributed by atoms with Gasteiger partial charge in [0.2, 0.25) is 0 Å². The van der Waals surface area contributed by atoms with Crippen molar-refractivity contribution in [1.82, 2.24) is 0 Å². The first-order valence-electron chi connectivity index (χ1n) is 5.46. The minimum Gasteiger partial charge on any atom is -0.504 e. The average Bonchev–Trinajstić information content (AvgIpc) is 2.25. The predicted molar refractivity (Wildman–Crippen MR) is 64.1 cm³/mol. The Morgan fingerprint density at radius 2 is 2.19 bits per heavy atom. The molecule has 0 radical (unpaired) electrons. The number of phenols is 1. The van der Waals surface area contributed by atoms with Gasteiger partial charge in [0.25, 0.3) is 0 Å². The molecule has 0 saturated carbocycles. The third kappa shape index (κ3) is 3.15. The van der Waals surface area contributed by atoms with Crippen LogP contribution in [0.1, 0.15) is 31.7 Å². The number of benzene rings is 1. The van der Waals surface area contributed by atoms with Crippen molar-refractivity contribution in [2.75, 3.05) is 6.61 Å². The van der Waals surface area contributed by atoms with Crippen molar-refractivity contribution in [2.24, 2.45) is 5.73 Å². The number of phenolic OH excluding ortho intramolecular Hbond substituents is 1. The molecule has 0 heterocycles. The molecule has 0 aromatic heterocycles. The number of amidine groups is 1. The Bertz CT molecular complexity index is 364. The summed E-state index contributed by atoms with van der Waals surface area (Å²) in [6.07, 6.45) is 3.13. The number of nitrogens with one attached hydrogen (secondary N) is 1. The maximum absolute atomic E-state index is 9.62. The van der Waals surface area contributed by atoms with E-state index in [4.69, 9.17) is 15.9 Å². The number of nitrogen functional groups attached to an aromatic ring is 1. The van der Waals surface area contributed by atoms with E-state index in [0.717, 1.165) is 19.3 Å². The first-order valence-corrected chi connectivity index (χ1v) is 5.46. The van der Waals surface area contributed by atoms with Crippen LogP contribution in [0.25, 0.3) is 0 Å². The lowest BCUT2D eigenvalue weighted by Crippen LogP contribution is -2.13. The second kappa shape index (κ2) is 6.00. The van der Waals surface area contributed by atoms with Gasteiger partial charge >= 0.3 is 0 Å². The molecule has 1 rings (SSSR count). The standard InChI is InChI=1S/C12H18N2O2/c1-2-3-4-8-16-11-9(12(13)14)6-5-7-10(11)15/h5-7,15H,2-4,8H2,1H3,(H3,13,14). The molecule has 1 aromatic carbocycles. The zero-order valence-corrected chi connectivity index (χ0v) is 9.49. The van der Waals surface area contributed by atoms with Crippen LogP contribution >= 0.6 is 0 Å². The summed E-state index contributed by atoms with van der Waals surface area (Å²) in [5.74, 6) is 0.247. The summed E-state index contributed by atoms with van der Waals surface area (Å²) in [6.45, 7) is 2.65. The maximum atomic E-state index is 9.62. The number of rotatable bonds is 6. The van der Waals surface area contributed by atoms with Gasteiger partial charge in [-0.2, -0.15) is 0 Å². The van der Waals surface area contributed by atoms with Gasteiger partial charge in [0.1, 0.15) is 5.84 Å². The number of hydrogen-bond donors (Lipinski definition) is 3. The summed E-state index contributed by atoms with van der Waals surface area (Å²) < 4.78 is 5.46. The molecule has 0 unspecified atom stereocenters. The monoisotopic (exact) mass is 222 g/mol. The van der Waals surface area contributed by atoms with Crippen molar-refractivity contribution in [3.05, 3.63) is 23.8 Å². The summed E-state index contributed by atoms with van der Waals surface area (Å²) in [7, 11) is 0. The van der Waals surface area contributed by atoms with Crippen molar-refractivity contribution in [1.29, 1.82) is 5.41 Å². The van der Waals surface area contributed by atoms with E-state index in [1.165, 1.54) is 6.07 Å². The first kappa shape index (κ1) is 12.4. The van der Waals surface area contributed by atoms with Crippen LogP contribution in [0, 0.1) is 5.41 Å². The quantitative estimate of drug-likeness (QED) is 0.392. The summed E-state index contributed by atoms with van der Waals surface area (Å²) in [4.78, 5) is 0. The van der Waals surface area contributed by atoms with E-state index >= 15 is 0 Å². The molecule has 1 aromatic rings. The van der Waals surface area contributed by atoms with Crippen LogP contribution < -0.4 is 10.5 Å². The number of nitrogens with two attached hydrogens (primary N) is 1. The van der Waals surface area contributed by atoms with E-state index in [0.29, 0.717) is 17.9 Å². The Hall–Kier alpha value is -1.71. The molecule has 0 aliphatic heterocycles. The molecule has 0 fully saturated rings. The fourth-order valence-corrected chi connectivity index (χ4v) is 1.41. The van der Waals surface area contributed by atoms with E-state index < -0.39 is 0 Å². The molecule has 0 aliphatic rings. The molecule has 0 atom stereocenters. The molecule has 0 saturated heterocycles. The highest BCUT2D eigenvalue weighted by Crippen LogP contribution is 2.29. The van der Waals surface area contributed by atoms with Gasteiger partial charge in [0, 0.05) is 0 Å². The van der Waals surface area contributed by atoms with E-state index in [-0.39, 0.29) is 11.6 Å². The number of para-hydroxylation sites is 1. The Labute approximate surface area is 95.6 Å². The van der Waals surface area contributed by atoms with Crippen LogP contribution in [-0.2, 0) is 0 Å². The van der Waals surface area contributed by atoms with E-state index in [2.05, 4.69) is 6.92 Å². The van der Waals surface area contributed by atoms with E-state index in [1.54, 1.807) is 12.1 Å². The molecule has 4 nitrogen and oxygen atoms in total. The van der Waals surface area contributed by atoms with Crippen LogP contribution in [0.5, 0.6) is 11.5 Å². The van der Waals surface area contributed by atoms with Gasteiger partial charge in [0.05, 0.1) is 12.2 Å². The van der Waals surface area contributed by atoms with Crippen molar-refractivity contribution in [3.8, 4) is 11.5 Å². The third-order valence-corrected chi connectivity index (χ3v) is 2.28. The maximum Gasteiger partial charge on any atom is 0.171 e. The Morgan fingerprint density at radius 1 is 1.44 bits per heavy atom. The largest absolute Gasteiger partial charge is 0.504 e. The van der Waals surface area contributed by atoms with E-state index in [9.17, 15) is 5.11 Å². The summed E-state index contributed by atoms with van der Waals surface area (Å²) >= 11 is 0. The molecular formula is C12H18N2O2. The highest BCUT2D eigenvalue weighted by atomic mass is 16.5. The fourth-order valence-electron chi connectivity index (χ4n) is 1.41. The molecule has 4 heteroatoms. The molecule has 4 N–H and O–H groups in total. The molecule has 0 aliphatic carbocycles. The normalized spacial score (nSPS) is 10.1. The zero-order chi connectivity index (χ0) is 12.0. The van der Waals surface area contributed by atoms with Gasteiger partial charge in [-0.05, 0) is 18.6 Å². The Balaban J connectivity index is 2.73. The van der Waals surface area contributed by atoms with Gasteiger partial charge < -0.3 is 15.6 Å². The topological polar surface area (TPSA) is 79.3 Å².